The highest BCUT2D eigenvalue weighted by Crippen LogP contribution is 2.19. The summed E-state index contributed by atoms with van der Waals surface area (Å²) in [7, 11) is 0. The number of thiophene rings is 1. The molecule has 0 amide bonds. The van der Waals surface area contributed by atoms with Crippen LogP contribution in [0.5, 0.6) is 0 Å². The Hall–Kier alpha value is -11.1. The van der Waals surface area contributed by atoms with Gasteiger partial charge in [0, 0.05) is 76.8 Å². The van der Waals surface area contributed by atoms with E-state index in [0.717, 1.165) is 43.9 Å². The molecule has 0 fully saturated rings. The molecule has 0 bridgehead atoms. The van der Waals surface area contributed by atoms with Crippen LogP contribution in [-0.2, 0) is 0 Å². The number of imidazole rings is 1. The summed E-state index contributed by atoms with van der Waals surface area (Å²) < 4.78 is 6.49. The molecule has 0 saturated carbocycles. The number of aromatic nitrogens is 17. The summed E-state index contributed by atoms with van der Waals surface area (Å²) in [6.45, 7) is 0. The van der Waals surface area contributed by atoms with Gasteiger partial charge in [0.15, 0.2) is 0 Å². The first-order valence-electron chi connectivity index (χ1n) is 23.8. The van der Waals surface area contributed by atoms with Crippen LogP contribution in [-0.4, -0.2) is 85.6 Å². The van der Waals surface area contributed by atoms with E-state index in [2.05, 4.69) is 140 Å². The third-order valence-electron chi connectivity index (χ3n) is 9.92. The quantitative estimate of drug-likeness (QED) is 0.110. The van der Waals surface area contributed by atoms with E-state index in [1.54, 1.807) is 79.6 Å². The van der Waals surface area contributed by atoms with E-state index in [1.807, 2.05) is 140 Å². The van der Waals surface area contributed by atoms with Gasteiger partial charge in [-0.2, -0.15) is 30.7 Å². The maximum absolute atomic E-state index is 5.12. The number of hydrogen-bond acceptors (Lipinski definition) is 15. The van der Waals surface area contributed by atoms with Crippen molar-refractivity contribution in [2.24, 2.45) is 0 Å². The lowest BCUT2D eigenvalue weighted by Gasteiger charge is -1.83. The zero-order valence-corrected chi connectivity index (χ0v) is 42.6. The van der Waals surface area contributed by atoms with Crippen molar-refractivity contribution in [3.63, 3.8) is 0 Å². The van der Waals surface area contributed by atoms with Crippen molar-refractivity contribution >= 4 is 76.3 Å². The van der Waals surface area contributed by atoms with Gasteiger partial charge in [-0.25, -0.2) is 29.9 Å². The van der Waals surface area contributed by atoms with E-state index in [0.29, 0.717) is 0 Å². The van der Waals surface area contributed by atoms with E-state index >= 15 is 0 Å². The molecule has 19 heteroatoms. The first-order valence-corrected chi connectivity index (χ1v) is 24.7. The summed E-state index contributed by atoms with van der Waals surface area (Å²) in [6, 6.07) is 59.8. The zero-order valence-electron chi connectivity index (χ0n) is 41.8. The Morgan fingerprint density at radius 1 is 0.385 bits per heavy atom. The van der Waals surface area contributed by atoms with Crippen molar-refractivity contribution in [3.8, 4) is 0 Å². The van der Waals surface area contributed by atoms with Crippen molar-refractivity contribution in [1.82, 2.24) is 85.6 Å². The van der Waals surface area contributed by atoms with Gasteiger partial charge in [0.05, 0.1) is 35.3 Å². The van der Waals surface area contributed by atoms with Crippen LogP contribution in [0.25, 0.3) is 64.9 Å². The van der Waals surface area contributed by atoms with Crippen LogP contribution in [0.2, 0.25) is 0 Å². The molecule has 18 nitrogen and oxygen atoms in total. The Morgan fingerprint density at radius 3 is 1.50 bits per heavy atom. The molecule has 0 saturated heterocycles. The number of aromatic amines is 4. The summed E-state index contributed by atoms with van der Waals surface area (Å²) in [5, 5.41) is 31.2. The number of fused-ring (bicyclic) bond motifs is 6. The normalized spacial score (nSPS) is 9.54. The van der Waals surface area contributed by atoms with E-state index in [1.165, 1.54) is 46.3 Å². The van der Waals surface area contributed by atoms with Crippen molar-refractivity contribution in [2.45, 2.75) is 0 Å². The average Bonchev–Trinajstić information content (AvgIpc) is 4.42. The second kappa shape index (κ2) is 33.6. The molecule has 78 heavy (non-hydrogen) atoms. The van der Waals surface area contributed by atoms with Crippen LogP contribution in [0.3, 0.4) is 0 Å². The number of furan rings is 1. The zero-order chi connectivity index (χ0) is 53.6. The van der Waals surface area contributed by atoms with E-state index in [4.69, 9.17) is 4.42 Å². The van der Waals surface area contributed by atoms with Gasteiger partial charge in [0.25, 0.3) is 0 Å². The molecule has 4 N–H and O–H groups in total. The fourth-order valence-electron chi connectivity index (χ4n) is 6.32. The molecule has 0 spiro atoms. The monoisotopic (exact) mass is 1050 g/mol. The predicted molar refractivity (Wildman–Crippen MR) is 308 cm³/mol. The average molecular weight is 1050 g/mol. The molecule has 6 aromatic carbocycles. The summed E-state index contributed by atoms with van der Waals surface area (Å²) in [5.41, 5.74) is 7.21. The molecule has 0 aliphatic carbocycles. The second-order valence-corrected chi connectivity index (χ2v) is 16.1. The molecule has 0 radical (unpaired) electrons. The molecular weight excluding hydrogens is 995 g/mol. The molecule has 0 aliphatic heterocycles. The Kier molecular flexibility index (Phi) is 23.6. The SMILES string of the molecule is c1ccc2[nH]ccc2c1.c1ccc2[nH]cnc2c1.c1ccc2[nH]ncc2c1.c1ccc2n[nH]nc2c1.c1ccc2occc2c1.c1ccc2sccc2c1.c1ccnnc1.c1cnccn1.c1cncnc1.c1ncncn1. The van der Waals surface area contributed by atoms with Gasteiger partial charge >= 0.3 is 0 Å². The van der Waals surface area contributed by atoms with Gasteiger partial charge in [-0.1, -0.05) is 97.1 Å². The third-order valence-corrected chi connectivity index (χ3v) is 10.8. The maximum atomic E-state index is 5.12. The Morgan fingerprint density at radius 2 is 0.949 bits per heavy atom. The largest absolute Gasteiger partial charge is 0.464 e. The van der Waals surface area contributed by atoms with E-state index in [9.17, 15) is 0 Å². The van der Waals surface area contributed by atoms with Crippen LogP contribution in [0.1, 0.15) is 0 Å². The Labute approximate surface area is 451 Å². The topological polar surface area (TPSA) is 244 Å². The van der Waals surface area contributed by atoms with Gasteiger partial charge < -0.3 is 14.4 Å². The minimum absolute atomic E-state index is 0.914. The standard InChI is InChI=1S/C8H7N.C8H6O.C8H6S.2C7H6N2.C6H5N3.3C4H4N2.C3H3N3/c3*1-2-4-8-7(3-1)5-6-9-8;1-2-4-7-6(3-1)8-5-9-7;1-2-4-7-6(3-1)5-8-9-7;1-2-4-6-5(3-1)7-9-8-6;1-2-6-4-3-5-1;1-2-5-4-6-3-1;1-2-4-6-5-3-1;1-4-2-6-3-5-1/h1-6,9H;2*1-6H;2*1-5H,(H,8,9);1-4H,(H,7,8,9);3*1-4H;1-3H. The number of benzene rings is 6. The molecule has 10 aromatic heterocycles. The smallest absolute Gasteiger partial charge is 0.133 e. The second-order valence-electron chi connectivity index (χ2n) is 15.2. The highest BCUT2D eigenvalue weighted by Gasteiger charge is 1.93. The molecular formula is C59H51N17OS. The van der Waals surface area contributed by atoms with Gasteiger partial charge in [-0.3, -0.25) is 15.1 Å². The number of rotatable bonds is 0. The lowest BCUT2D eigenvalue weighted by atomic mass is 10.3. The number of para-hydroxylation sites is 7. The fourth-order valence-corrected chi connectivity index (χ4v) is 7.11. The van der Waals surface area contributed by atoms with Gasteiger partial charge in [0.1, 0.15) is 41.9 Å². The van der Waals surface area contributed by atoms with Crippen molar-refractivity contribution in [2.75, 3.05) is 0 Å². The lowest BCUT2D eigenvalue weighted by molar-refractivity contribution is 0.616. The first-order chi connectivity index (χ1) is 38.8. The number of nitrogens with one attached hydrogen (secondary N) is 4. The van der Waals surface area contributed by atoms with Crippen LogP contribution in [0.4, 0.5) is 0 Å². The number of hydrogen-bond donors (Lipinski definition) is 4. The lowest BCUT2D eigenvalue weighted by Crippen LogP contribution is -1.73. The summed E-state index contributed by atoms with van der Waals surface area (Å²) in [6.07, 6.45) is 26.2. The van der Waals surface area contributed by atoms with Crippen molar-refractivity contribution in [3.05, 3.63) is 287 Å². The summed E-state index contributed by atoms with van der Waals surface area (Å²) in [4.78, 5) is 35.7. The predicted octanol–water partition coefficient (Wildman–Crippen LogP) is 12.9. The molecule has 384 valence electrons. The fraction of sp³-hybridized carbons (Fsp3) is 0. The number of H-pyrrole nitrogens is 4. The summed E-state index contributed by atoms with van der Waals surface area (Å²) in [5.74, 6) is 0. The van der Waals surface area contributed by atoms with Crippen LogP contribution < -0.4 is 0 Å². The molecule has 0 atom stereocenters. The maximum Gasteiger partial charge on any atom is 0.133 e. The molecule has 10 heterocycles. The molecule has 16 rings (SSSR count). The minimum Gasteiger partial charge on any atom is -0.464 e. The molecule has 16 aromatic rings. The van der Waals surface area contributed by atoms with Crippen molar-refractivity contribution in [1.29, 1.82) is 0 Å². The first kappa shape index (κ1) is 54.7. The van der Waals surface area contributed by atoms with Crippen molar-refractivity contribution < 1.29 is 4.42 Å². The third kappa shape index (κ3) is 20.1. The Balaban J connectivity index is 0.000000126. The minimum atomic E-state index is 0.914. The highest BCUT2D eigenvalue weighted by atomic mass is 32.1. The van der Waals surface area contributed by atoms with Crippen LogP contribution in [0, 0.1) is 0 Å². The van der Waals surface area contributed by atoms with E-state index < -0.39 is 0 Å². The van der Waals surface area contributed by atoms with Crippen LogP contribution >= 0.6 is 11.3 Å². The van der Waals surface area contributed by atoms with E-state index in [-0.39, 0.29) is 0 Å². The van der Waals surface area contributed by atoms with Gasteiger partial charge in [-0.05, 0) is 101 Å². The van der Waals surface area contributed by atoms with Crippen LogP contribution in [0.15, 0.2) is 292 Å². The van der Waals surface area contributed by atoms with Gasteiger partial charge in [0.2, 0.25) is 0 Å². The highest BCUT2D eigenvalue weighted by molar-refractivity contribution is 7.17. The molecule has 0 unspecified atom stereocenters. The Bertz CT molecular complexity index is 3060. The van der Waals surface area contributed by atoms with Gasteiger partial charge in [-0.15, -0.1) is 11.3 Å². The summed E-state index contributed by atoms with van der Waals surface area (Å²) >= 11 is 1.79. The molecule has 0 aliphatic rings. The number of nitrogens with zero attached hydrogens (tertiary/aromatic N) is 13.